The summed E-state index contributed by atoms with van der Waals surface area (Å²) in [5.41, 5.74) is 10.3. The zero-order valence-electron chi connectivity index (χ0n) is 17.5. The van der Waals surface area contributed by atoms with Crippen LogP contribution in [0, 0.1) is 6.07 Å². The van der Waals surface area contributed by atoms with Crippen molar-refractivity contribution in [1.29, 1.82) is 0 Å². The first kappa shape index (κ1) is 18.4. The van der Waals surface area contributed by atoms with E-state index in [4.69, 9.17) is 0 Å². The lowest BCUT2D eigenvalue weighted by atomic mass is 9.71. The van der Waals surface area contributed by atoms with Gasteiger partial charge in [-0.05, 0) is 64.3 Å². The molecule has 0 saturated carbocycles. The molecule has 0 bridgehead atoms. The number of nitrogens with zero attached hydrogens (tertiary/aromatic N) is 2. The topological polar surface area (TPSA) is 17.8 Å². The highest BCUT2D eigenvalue weighted by atomic mass is 15.0. The summed E-state index contributed by atoms with van der Waals surface area (Å²) in [5, 5.41) is 0. The molecule has 1 radical (unpaired) electrons. The Balaban J connectivity index is 1.48. The number of aryl methyl sites for hydroxylation is 2. The Hall–Kier alpha value is -3.39. The van der Waals surface area contributed by atoms with Crippen LogP contribution in [-0.4, -0.2) is 9.55 Å². The second-order valence-electron chi connectivity index (χ2n) is 8.64. The molecule has 2 atom stereocenters. The Bertz CT molecular complexity index is 1240. The van der Waals surface area contributed by atoms with Crippen LogP contribution in [0.1, 0.15) is 46.1 Å². The van der Waals surface area contributed by atoms with Crippen molar-refractivity contribution in [2.75, 3.05) is 0 Å². The molecule has 0 spiro atoms. The number of allylic oxidation sites excluding steroid dienone is 2. The minimum atomic E-state index is 0.316. The minimum absolute atomic E-state index is 0.316. The lowest BCUT2D eigenvalue weighted by molar-refractivity contribution is 0.591. The second kappa shape index (κ2) is 7.70. The van der Waals surface area contributed by atoms with Gasteiger partial charge in [-0.1, -0.05) is 72.8 Å². The Kier molecular flexibility index (Phi) is 4.57. The van der Waals surface area contributed by atoms with Gasteiger partial charge in [-0.15, -0.1) is 0 Å². The standard InChI is InChI=1S/C29H25N2/c1-2-6-21(7-3-1)25-12-11-23(16-18-31-19-17-30-20-31)29-27(25)15-14-26-24-9-5-4-8-22(24)10-13-28(26)29/h2-9,11-12,14-15,17,19-20,23,25H,10,13,16,18H2. The van der Waals surface area contributed by atoms with Crippen molar-refractivity contribution in [2.24, 2.45) is 0 Å². The monoisotopic (exact) mass is 401 g/mol. The van der Waals surface area contributed by atoms with Crippen LogP contribution in [0.4, 0.5) is 0 Å². The third-order valence-electron chi connectivity index (χ3n) is 6.95. The third-order valence-corrected chi connectivity index (χ3v) is 6.95. The van der Waals surface area contributed by atoms with E-state index in [1.165, 1.54) is 27.8 Å². The van der Waals surface area contributed by atoms with Gasteiger partial charge in [-0.25, -0.2) is 4.98 Å². The van der Waals surface area contributed by atoms with E-state index < -0.39 is 0 Å². The summed E-state index contributed by atoms with van der Waals surface area (Å²) in [6.45, 7) is 0.986. The Morgan fingerprint density at radius 3 is 2.71 bits per heavy atom. The average Bonchev–Trinajstić information content (AvgIpc) is 3.36. The Morgan fingerprint density at radius 2 is 1.84 bits per heavy atom. The Morgan fingerprint density at radius 1 is 0.935 bits per heavy atom. The summed E-state index contributed by atoms with van der Waals surface area (Å²) in [5.74, 6) is 0.751. The second-order valence-corrected chi connectivity index (χ2v) is 8.64. The number of rotatable bonds is 4. The van der Waals surface area contributed by atoms with Crippen LogP contribution in [0.2, 0.25) is 0 Å². The van der Waals surface area contributed by atoms with Gasteiger partial charge in [0.25, 0.3) is 0 Å². The van der Waals surface area contributed by atoms with Gasteiger partial charge in [0, 0.05) is 30.8 Å². The maximum absolute atomic E-state index is 4.22. The van der Waals surface area contributed by atoms with Crippen LogP contribution < -0.4 is 0 Å². The quantitative estimate of drug-likeness (QED) is 0.366. The van der Waals surface area contributed by atoms with Gasteiger partial charge in [0.05, 0.1) is 6.33 Å². The highest BCUT2D eigenvalue weighted by Crippen LogP contribution is 2.46. The number of aromatic nitrogens is 2. The molecule has 1 heterocycles. The van der Waals surface area contributed by atoms with Gasteiger partial charge in [0.1, 0.15) is 0 Å². The lowest BCUT2D eigenvalue weighted by Gasteiger charge is -2.33. The fourth-order valence-corrected chi connectivity index (χ4v) is 5.46. The maximum Gasteiger partial charge on any atom is 0.0945 e. The van der Waals surface area contributed by atoms with Crippen molar-refractivity contribution in [2.45, 2.75) is 37.6 Å². The Labute approximate surface area is 183 Å². The third kappa shape index (κ3) is 3.23. The van der Waals surface area contributed by atoms with E-state index in [1.807, 2.05) is 24.7 Å². The van der Waals surface area contributed by atoms with E-state index in [9.17, 15) is 0 Å². The molecule has 0 amide bonds. The molecule has 4 aromatic rings. The van der Waals surface area contributed by atoms with Crippen LogP contribution in [0.5, 0.6) is 0 Å². The summed E-state index contributed by atoms with van der Waals surface area (Å²) in [4.78, 5) is 4.22. The summed E-state index contributed by atoms with van der Waals surface area (Å²) < 4.78 is 2.19. The predicted molar refractivity (Wildman–Crippen MR) is 125 cm³/mol. The molecule has 0 aliphatic heterocycles. The molecule has 6 rings (SSSR count). The zero-order valence-corrected chi connectivity index (χ0v) is 17.5. The number of benzene rings is 3. The van der Waals surface area contributed by atoms with Crippen molar-refractivity contribution >= 4 is 0 Å². The van der Waals surface area contributed by atoms with Crippen LogP contribution in [0.3, 0.4) is 0 Å². The molecular weight excluding hydrogens is 376 g/mol. The zero-order chi connectivity index (χ0) is 20.6. The van der Waals surface area contributed by atoms with Crippen LogP contribution in [0.15, 0.2) is 91.5 Å². The fraction of sp³-hybridized carbons (Fsp3) is 0.207. The molecule has 2 heteroatoms. The van der Waals surface area contributed by atoms with Crippen LogP contribution >= 0.6 is 0 Å². The normalized spacial score (nSPS) is 18.8. The molecule has 0 saturated heterocycles. The van der Waals surface area contributed by atoms with Gasteiger partial charge in [0.2, 0.25) is 0 Å². The average molecular weight is 402 g/mol. The van der Waals surface area contributed by atoms with E-state index in [0.717, 1.165) is 25.8 Å². The van der Waals surface area contributed by atoms with Gasteiger partial charge in [-0.2, -0.15) is 0 Å². The summed E-state index contributed by atoms with van der Waals surface area (Å²) in [6, 6.07) is 25.3. The van der Waals surface area contributed by atoms with Crippen molar-refractivity contribution in [3.8, 4) is 11.1 Å². The first-order chi connectivity index (χ1) is 15.4. The maximum atomic E-state index is 4.22. The molecule has 0 fully saturated rings. The van der Waals surface area contributed by atoms with Crippen molar-refractivity contribution in [1.82, 2.24) is 9.55 Å². The predicted octanol–water partition coefficient (Wildman–Crippen LogP) is 6.32. The van der Waals surface area contributed by atoms with E-state index in [0.29, 0.717) is 11.8 Å². The summed E-state index contributed by atoms with van der Waals surface area (Å²) in [6.07, 6.45) is 14.1. The van der Waals surface area contributed by atoms with Gasteiger partial charge in [0.15, 0.2) is 0 Å². The molecule has 1 aromatic heterocycles. The van der Waals surface area contributed by atoms with Crippen molar-refractivity contribution < 1.29 is 0 Å². The van der Waals surface area contributed by atoms with E-state index in [2.05, 4.69) is 82.5 Å². The van der Waals surface area contributed by atoms with E-state index >= 15 is 0 Å². The van der Waals surface area contributed by atoms with Crippen molar-refractivity contribution in [3.05, 3.63) is 125 Å². The van der Waals surface area contributed by atoms with Crippen molar-refractivity contribution in [3.63, 3.8) is 0 Å². The minimum Gasteiger partial charge on any atom is -0.337 e. The van der Waals surface area contributed by atoms with Crippen LogP contribution in [-0.2, 0) is 19.4 Å². The fourth-order valence-electron chi connectivity index (χ4n) is 5.46. The summed E-state index contributed by atoms with van der Waals surface area (Å²) in [7, 11) is 0. The summed E-state index contributed by atoms with van der Waals surface area (Å²) >= 11 is 0. The van der Waals surface area contributed by atoms with E-state index in [1.54, 1.807) is 11.1 Å². The number of hydrogen-bond donors (Lipinski definition) is 0. The molecule has 3 aromatic carbocycles. The highest BCUT2D eigenvalue weighted by Gasteiger charge is 2.29. The molecule has 2 aliphatic rings. The molecule has 151 valence electrons. The molecule has 31 heavy (non-hydrogen) atoms. The van der Waals surface area contributed by atoms with Gasteiger partial charge < -0.3 is 4.57 Å². The first-order valence-electron chi connectivity index (χ1n) is 11.2. The smallest absolute Gasteiger partial charge is 0.0945 e. The van der Waals surface area contributed by atoms with E-state index in [-0.39, 0.29) is 0 Å². The highest BCUT2D eigenvalue weighted by molar-refractivity contribution is 5.76. The lowest BCUT2D eigenvalue weighted by Crippen LogP contribution is -2.18. The SMILES string of the molecule is [c]1ccc(C2C=CC(CCn3ccnc3)c3c2ccc2c3CCc3ccccc3-2)cc1. The molecule has 2 aliphatic carbocycles. The number of imidazole rings is 1. The first-order valence-corrected chi connectivity index (χ1v) is 11.2. The molecule has 2 unspecified atom stereocenters. The molecule has 0 N–H and O–H groups in total. The molecule has 2 nitrogen and oxygen atoms in total. The number of fused-ring (bicyclic) bond motifs is 5. The molecular formula is C29H25N2. The van der Waals surface area contributed by atoms with Gasteiger partial charge in [-0.3, -0.25) is 0 Å². The number of hydrogen-bond acceptors (Lipinski definition) is 1. The largest absolute Gasteiger partial charge is 0.337 e. The van der Waals surface area contributed by atoms with Gasteiger partial charge >= 0.3 is 0 Å². The van der Waals surface area contributed by atoms with Crippen LogP contribution in [0.25, 0.3) is 11.1 Å².